The van der Waals surface area contributed by atoms with Crippen LogP contribution in [0.3, 0.4) is 0 Å². The van der Waals surface area contributed by atoms with E-state index in [4.69, 9.17) is 0 Å². The van der Waals surface area contributed by atoms with Gasteiger partial charge in [-0.2, -0.15) is 4.39 Å². The first-order valence-electron chi connectivity index (χ1n) is 5.15. The van der Waals surface area contributed by atoms with Crippen LogP contribution in [0.2, 0.25) is 0 Å². The van der Waals surface area contributed by atoms with Crippen LogP contribution in [0.15, 0.2) is 42.6 Å². The lowest BCUT2D eigenvalue weighted by molar-refractivity contribution is 0.102. The van der Waals surface area contributed by atoms with Crippen LogP contribution < -0.4 is 5.32 Å². The number of hydrogen-bond donors (Lipinski definition) is 1. The van der Waals surface area contributed by atoms with E-state index in [-0.39, 0.29) is 11.5 Å². The quantitative estimate of drug-likeness (QED) is 0.806. The normalized spacial score (nSPS) is 10.0. The summed E-state index contributed by atoms with van der Waals surface area (Å²) in [6, 6.07) is 9.98. The van der Waals surface area contributed by atoms with E-state index in [1.165, 1.54) is 12.3 Å². The van der Waals surface area contributed by atoms with Gasteiger partial charge in [-0.3, -0.25) is 4.79 Å². The average molecular weight is 230 g/mol. The third-order valence-electron chi connectivity index (χ3n) is 2.38. The van der Waals surface area contributed by atoms with Crippen LogP contribution in [0, 0.1) is 12.9 Å². The Kier molecular flexibility index (Phi) is 3.14. The van der Waals surface area contributed by atoms with Crippen LogP contribution in [-0.4, -0.2) is 10.9 Å². The van der Waals surface area contributed by atoms with Crippen LogP contribution in [-0.2, 0) is 0 Å². The number of pyridine rings is 1. The van der Waals surface area contributed by atoms with Crippen molar-refractivity contribution < 1.29 is 9.18 Å². The molecule has 0 unspecified atom stereocenters. The number of benzene rings is 1. The molecular weight excluding hydrogens is 219 g/mol. The molecule has 0 bridgehead atoms. The molecular formula is C13H11FN2O. The van der Waals surface area contributed by atoms with Crippen molar-refractivity contribution in [1.29, 1.82) is 0 Å². The highest BCUT2D eigenvalue weighted by molar-refractivity contribution is 6.04. The molecule has 1 N–H and O–H groups in total. The number of amides is 1. The predicted octanol–water partition coefficient (Wildman–Crippen LogP) is 2.78. The molecule has 0 aliphatic heterocycles. The second-order valence-corrected chi connectivity index (χ2v) is 3.64. The lowest BCUT2D eigenvalue weighted by atomic mass is 10.2. The number of carbonyl (C=O) groups excluding carboxylic acids is 1. The number of rotatable bonds is 2. The number of nitrogens with one attached hydrogen (secondary N) is 1. The molecule has 1 heterocycles. The van der Waals surface area contributed by atoms with E-state index in [9.17, 15) is 9.18 Å². The molecule has 0 saturated carbocycles. The van der Waals surface area contributed by atoms with Gasteiger partial charge in [-0.1, -0.05) is 18.2 Å². The van der Waals surface area contributed by atoms with Gasteiger partial charge in [0, 0.05) is 23.5 Å². The van der Waals surface area contributed by atoms with Crippen molar-refractivity contribution in [2.75, 3.05) is 5.32 Å². The smallest absolute Gasteiger partial charge is 0.255 e. The van der Waals surface area contributed by atoms with E-state index >= 15 is 0 Å². The van der Waals surface area contributed by atoms with Crippen LogP contribution in [0.1, 0.15) is 15.9 Å². The highest BCUT2D eigenvalue weighted by atomic mass is 19.1. The Hall–Kier alpha value is -2.23. The van der Waals surface area contributed by atoms with Crippen molar-refractivity contribution >= 4 is 11.6 Å². The molecule has 86 valence electrons. The Morgan fingerprint density at radius 1 is 1.29 bits per heavy atom. The summed E-state index contributed by atoms with van der Waals surface area (Å²) in [6.07, 6.45) is 1.27. The van der Waals surface area contributed by atoms with Gasteiger partial charge in [0.2, 0.25) is 5.95 Å². The molecule has 0 aliphatic carbocycles. The number of aromatic nitrogens is 1. The zero-order chi connectivity index (χ0) is 12.3. The van der Waals surface area contributed by atoms with Gasteiger partial charge in [0.15, 0.2) is 0 Å². The fourth-order valence-corrected chi connectivity index (χ4v) is 1.45. The van der Waals surface area contributed by atoms with Crippen molar-refractivity contribution in [3.8, 4) is 0 Å². The fourth-order valence-electron chi connectivity index (χ4n) is 1.45. The SMILES string of the molecule is Cc1ccccc1NC(=O)c1ccnc(F)c1. The highest BCUT2D eigenvalue weighted by Crippen LogP contribution is 2.14. The molecule has 17 heavy (non-hydrogen) atoms. The number of hydrogen-bond acceptors (Lipinski definition) is 2. The lowest BCUT2D eigenvalue weighted by Crippen LogP contribution is -2.13. The summed E-state index contributed by atoms with van der Waals surface area (Å²) in [7, 11) is 0. The first-order valence-corrected chi connectivity index (χ1v) is 5.15. The van der Waals surface area contributed by atoms with Crippen molar-refractivity contribution in [3.63, 3.8) is 0 Å². The average Bonchev–Trinajstić information content (AvgIpc) is 2.32. The third-order valence-corrected chi connectivity index (χ3v) is 2.38. The number of nitrogens with zero attached hydrogens (tertiary/aromatic N) is 1. The minimum absolute atomic E-state index is 0.251. The van der Waals surface area contributed by atoms with Gasteiger partial charge < -0.3 is 5.32 Å². The number of anilines is 1. The highest BCUT2D eigenvalue weighted by Gasteiger charge is 2.08. The molecule has 0 spiro atoms. The zero-order valence-electron chi connectivity index (χ0n) is 9.27. The number of para-hydroxylation sites is 1. The van der Waals surface area contributed by atoms with E-state index in [1.54, 1.807) is 6.07 Å². The van der Waals surface area contributed by atoms with Gasteiger partial charge in [-0.05, 0) is 24.6 Å². The summed E-state index contributed by atoms with van der Waals surface area (Å²) in [5.41, 5.74) is 1.92. The van der Waals surface area contributed by atoms with Gasteiger partial charge in [0.05, 0.1) is 0 Å². The van der Waals surface area contributed by atoms with Gasteiger partial charge in [-0.15, -0.1) is 0 Å². The molecule has 0 radical (unpaired) electrons. The van der Waals surface area contributed by atoms with Crippen LogP contribution in [0.4, 0.5) is 10.1 Å². The maximum Gasteiger partial charge on any atom is 0.255 e. The molecule has 3 nitrogen and oxygen atoms in total. The molecule has 2 rings (SSSR count). The van der Waals surface area contributed by atoms with Crippen molar-refractivity contribution in [2.24, 2.45) is 0 Å². The van der Waals surface area contributed by atoms with Crippen molar-refractivity contribution in [3.05, 3.63) is 59.7 Å². The van der Waals surface area contributed by atoms with Gasteiger partial charge in [-0.25, -0.2) is 4.98 Å². The van der Waals surface area contributed by atoms with Crippen LogP contribution in [0.25, 0.3) is 0 Å². The monoisotopic (exact) mass is 230 g/mol. The molecule has 4 heteroatoms. The Morgan fingerprint density at radius 2 is 2.06 bits per heavy atom. The maximum atomic E-state index is 12.9. The van der Waals surface area contributed by atoms with E-state index in [0.29, 0.717) is 0 Å². The Balaban J connectivity index is 2.20. The molecule has 1 amide bonds. The number of carbonyl (C=O) groups is 1. The summed E-state index contributed by atoms with van der Waals surface area (Å²) in [5, 5.41) is 2.72. The van der Waals surface area contributed by atoms with Gasteiger partial charge >= 0.3 is 0 Å². The van der Waals surface area contributed by atoms with Crippen molar-refractivity contribution in [1.82, 2.24) is 4.98 Å². The molecule has 0 saturated heterocycles. The van der Waals surface area contributed by atoms with E-state index in [2.05, 4.69) is 10.3 Å². The Bertz CT molecular complexity index is 555. The van der Waals surface area contributed by atoms with E-state index in [0.717, 1.165) is 17.3 Å². The molecule has 1 aromatic carbocycles. The first-order chi connectivity index (χ1) is 8.16. The van der Waals surface area contributed by atoms with Crippen LogP contribution in [0.5, 0.6) is 0 Å². The molecule has 0 aliphatic rings. The van der Waals surface area contributed by atoms with Gasteiger partial charge in [0.25, 0.3) is 5.91 Å². The Morgan fingerprint density at radius 3 is 2.76 bits per heavy atom. The topological polar surface area (TPSA) is 42.0 Å². The fraction of sp³-hybridized carbons (Fsp3) is 0.0769. The molecule has 2 aromatic rings. The predicted molar refractivity (Wildman–Crippen MR) is 63.3 cm³/mol. The minimum Gasteiger partial charge on any atom is -0.322 e. The van der Waals surface area contributed by atoms with E-state index in [1.807, 2.05) is 25.1 Å². The third kappa shape index (κ3) is 2.66. The summed E-state index contributed by atoms with van der Waals surface area (Å²) >= 11 is 0. The summed E-state index contributed by atoms with van der Waals surface area (Å²) in [4.78, 5) is 15.2. The number of halogens is 1. The summed E-state index contributed by atoms with van der Waals surface area (Å²) in [6.45, 7) is 1.89. The van der Waals surface area contributed by atoms with Gasteiger partial charge in [0.1, 0.15) is 0 Å². The lowest BCUT2D eigenvalue weighted by Gasteiger charge is -2.07. The maximum absolute atomic E-state index is 12.9. The molecule has 0 fully saturated rings. The zero-order valence-corrected chi connectivity index (χ0v) is 9.27. The standard InChI is InChI=1S/C13H11FN2O/c1-9-4-2-3-5-11(9)16-13(17)10-6-7-15-12(14)8-10/h2-8H,1H3,(H,16,17). The second kappa shape index (κ2) is 4.74. The molecule has 1 aromatic heterocycles. The van der Waals surface area contributed by atoms with Crippen molar-refractivity contribution in [2.45, 2.75) is 6.92 Å². The number of aryl methyl sites for hydroxylation is 1. The molecule has 0 atom stereocenters. The van der Waals surface area contributed by atoms with E-state index < -0.39 is 5.95 Å². The summed E-state index contributed by atoms with van der Waals surface area (Å²) < 4.78 is 12.9. The Labute approximate surface area is 98.3 Å². The largest absolute Gasteiger partial charge is 0.322 e. The van der Waals surface area contributed by atoms with Crippen LogP contribution >= 0.6 is 0 Å². The minimum atomic E-state index is -0.664. The first kappa shape index (κ1) is 11.3. The summed E-state index contributed by atoms with van der Waals surface area (Å²) in [5.74, 6) is -1.01. The second-order valence-electron chi connectivity index (χ2n) is 3.64.